The maximum Gasteiger partial charge on any atom is 0.332 e. The van der Waals surface area contributed by atoms with Gasteiger partial charge in [-0.25, -0.2) is 4.79 Å². The van der Waals surface area contributed by atoms with Gasteiger partial charge in [-0.15, -0.1) is 3.89 Å². The van der Waals surface area contributed by atoms with Gasteiger partial charge in [-0.2, -0.15) is 8.42 Å². The number of hydrogen-bond donors (Lipinski definition) is 2. The van der Waals surface area contributed by atoms with Gasteiger partial charge in [0, 0.05) is 29.4 Å². The first-order valence-electron chi connectivity index (χ1n) is 11.6. The smallest absolute Gasteiger partial charge is 0.332 e. The molecular formula is C27H24FN3O6S. The number of carbonyl (C=O) groups excluding carboxylic acids is 1. The molecule has 0 atom stereocenters. The minimum absolute atomic E-state index is 0.0214. The lowest BCUT2D eigenvalue weighted by Crippen LogP contribution is -2.32. The zero-order chi connectivity index (χ0) is 27.3. The molecule has 11 heteroatoms. The van der Waals surface area contributed by atoms with Crippen molar-refractivity contribution in [1.82, 2.24) is 9.55 Å². The molecule has 0 saturated heterocycles. The number of anilines is 1. The summed E-state index contributed by atoms with van der Waals surface area (Å²) in [6.07, 6.45) is 1.84. The third-order valence-electron chi connectivity index (χ3n) is 5.63. The summed E-state index contributed by atoms with van der Waals surface area (Å²) >= 11 is 0. The Kier molecular flexibility index (Phi) is 7.87. The fourth-order valence-corrected chi connectivity index (χ4v) is 4.32. The van der Waals surface area contributed by atoms with Crippen molar-refractivity contribution < 1.29 is 21.8 Å². The van der Waals surface area contributed by atoms with E-state index in [1.807, 2.05) is 31.2 Å². The van der Waals surface area contributed by atoms with E-state index in [-0.39, 0.29) is 12.1 Å². The molecule has 0 spiro atoms. The highest BCUT2D eigenvalue weighted by Gasteiger charge is 2.15. The monoisotopic (exact) mass is 537 g/mol. The Hall–Kier alpha value is -4.51. The van der Waals surface area contributed by atoms with E-state index < -0.39 is 32.3 Å². The first kappa shape index (κ1) is 26.6. The molecule has 0 aliphatic heterocycles. The third-order valence-corrected chi connectivity index (χ3v) is 6.45. The molecular weight excluding hydrogens is 513 g/mol. The quantitative estimate of drug-likeness (QED) is 0.315. The highest BCUT2D eigenvalue weighted by Crippen LogP contribution is 2.17. The first-order chi connectivity index (χ1) is 18.1. The molecule has 0 saturated carbocycles. The van der Waals surface area contributed by atoms with Gasteiger partial charge in [-0.1, -0.05) is 30.3 Å². The second-order valence-corrected chi connectivity index (χ2v) is 9.76. The summed E-state index contributed by atoms with van der Waals surface area (Å²) in [7, 11) is -4.93. The van der Waals surface area contributed by atoms with Crippen LogP contribution in [0.1, 0.15) is 34.0 Å². The average molecular weight is 538 g/mol. The third kappa shape index (κ3) is 6.62. The molecule has 9 nitrogen and oxygen atoms in total. The van der Waals surface area contributed by atoms with Gasteiger partial charge < -0.3 is 10.1 Å². The van der Waals surface area contributed by atoms with Crippen LogP contribution in [0.5, 0.6) is 5.75 Å². The number of carbonyl (C=O) groups is 1. The maximum atomic E-state index is 13.2. The van der Waals surface area contributed by atoms with Gasteiger partial charge in [0.15, 0.2) is 0 Å². The van der Waals surface area contributed by atoms with Crippen LogP contribution in [-0.4, -0.2) is 30.5 Å². The molecule has 1 aromatic heterocycles. The van der Waals surface area contributed by atoms with Crippen LogP contribution < -0.4 is 21.3 Å². The Bertz CT molecular complexity index is 1700. The number of nitrogens with one attached hydrogen (secondary N) is 2. The summed E-state index contributed by atoms with van der Waals surface area (Å²) < 4.78 is 42.3. The predicted octanol–water partition coefficient (Wildman–Crippen LogP) is 3.48. The molecule has 2 N–H and O–H groups in total. The van der Waals surface area contributed by atoms with E-state index in [4.69, 9.17) is 4.74 Å². The predicted molar refractivity (Wildman–Crippen MR) is 140 cm³/mol. The van der Waals surface area contributed by atoms with E-state index in [0.717, 1.165) is 23.3 Å². The number of amides is 1. The van der Waals surface area contributed by atoms with Crippen molar-refractivity contribution in [2.24, 2.45) is 0 Å². The van der Waals surface area contributed by atoms with Crippen LogP contribution in [0.25, 0.3) is 0 Å². The second-order valence-electron chi connectivity index (χ2n) is 8.42. The zero-order valence-electron chi connectivity index (χ0n) is 20.3. The summed E-state index contributed by atoms with van der Waals surface area (Å²) in [6, 6.07) is 18.6. The molecule has 0 aliphatic rings. The van der Waals surface area contributed by atoms with Crippen molar-refractivity contribution in [3.63, 3.8) is 0 Å². The van der Waals surface area contributed by atoms with Crippen LogP contribution in [-0.2, 0) is 23.2 Å². The maximum absolute atomic E-state index is 13.2. The molecule has 196 valence electrons. The molecule has 0 aliphatic carbocycles. The van der Waals surface area contributed by atoms with E-state index in [1.165, 1.54) is 22.9 Å². The van der Waals surface area contributed by atoms with Crippen LogP contribution >= 0.6 is 0 Å². The fraction of sp³-hybridized carbons (Fsp3) is 0.148. The van der Waals surface area contributed by atoms with Gasteiger partial charge in [0.05, 0.1) is 18.0 Å². The zero-order valence-corrected chi connectivity index (χ0v) is 21.1. The summed E-state index contributed by atoms with van der Waals surface area (Å²) in [5, 5.41) is 2.61. The van der Waals surface area contributed by atoms with Crippen LogP contribution in [0.15, 0.2) is 93.5 Å². The van der Waals surface area contributed by atoms with Gasteiger partial charge in [0.2, 0.25) is 0 Å². The Morgan fingerprint density at radius 3 is 2.45 bits per heavy atom. The summed E-state index contributed by atoms with van der Waals surface area (Å²) in [5.41, 5.74) is 1.38. The van der Waals surface area contributed by atoms with E-state index >= 15 is 0 Å². The van der Waals surface area contributed by atoms with E-state index in [9.17, 15) is 26.7 Å². The minimum atomic E-state index is -4.93. The van der Waals surface area contributed by atoms with Crippen LogP contribution in [0.4, 0.5) is 9.57 Å². The molecule has 0 unspecified atom stereocenters. The average Bonchev–Trinajstić information content (AvgIpc) is 2.88. The molecule has 4 rings (SSSR count). The Morgan fingerprint density at radius 2 is 1.74 bits per heavy atom. The SMILES string of the molecule is CCOc1cccc(Cc2cn(Cc3ccc(NC(=O)c4cccc(S(=O)(=O)F)c4)cc3)c(=O)[nH]c2=O)c1. The van der Waals surface area contributed by atoms with Crippen LogP contribution in [0.3, 0.4) is 0 Å². The molecule has 1 amide bonds. The number of halogens is 1. The van der Waals surface area contributed by atoms with E-state index in [0.29, 0.717) is 30.0 Å². The lowest BCUT2D eigenvalue weighted by molar-refractivity contribution is 0.102. The van der Waals surface area contributed by atoms with Gasteiger partial charge >= 0.3 is 15.9 Å². The van der Waals surface area contributed by atoms with Crippen LogP contribution in [0, 0.1) is 0 Å². The number of benzene rings is 3. The van der Waals surface area contributed by atoms with Crippen molar-refractivity contribution >= 4 is 21.8 Å². The molecule has 4 aromatic rings. The van der Waals surface area contributed by atoms with Crippen LogP contribution in [0.2, 0.25) is 0 Å². The fourth-order valence-electron chi connectivity index (χ4n) is 3.81. The minimum Gasteiger partial charge on any atom is -0.494 e. The molecule has 1 heterocycles. The Morgan fingerprint density at radius 1 is 1.00 bits per heavy atom. The largest absolute Gasteiger partial charge is 0.494 e. The highest BCUT2D eigenvalue weighted by molar-refractivity contribution is 7.86. The molecule has 0 bridgehead atoms. The molecule has 38 heavy (non-hydrogen) atoms. The normalized spacial score (nSPS) is 11.2. The highest BCUT2D eigenvalue weighted by atomic mass is 32.3. The number of hydrogen-bond acceptors (Lipinski definition) is 6. The van der Waals surface area contributed by atoms with Gasteiger partial charge in [0.1, 0.15) is 5.75 Å². The number of ether oxygens (including phenoxy) is 1. The summed E-state index contributed by atoms with van der Waals surface area (Å²) in [4.78, 5) is 39.0. The topological polar surface area (TPSA) is 127 Å². The summed E-state index contributed by atoms with van der Waals surface area (Å²) in [5.74, 6) is 0.0836. The van der Waals surface area contributed by atoms with Crippen molar-refractivity contribution in [2.75, 3.05) is 11.9 Å². The second kappa shape index (κ2) is 11.3. The van der Waals surface area contributed by atoms with Crippen molar-refractivity contribution in [2.45, 2.75) is 24.8 Å². The lowest BCUT2D eigenvalue weighted by atomic mass is 10.1. The lowest BCUT2D eigenvalue weighted by Gasteiger charge is -2.10. The number of rotatable bonds is 9. The first-order valence-corrected chi connectivity index (χ1v) is 13.0. The van der Waals surface area contributed by atoms with Gasteiger partial charge in [0.25, 0.3) is 11.5 Å². The van der Waals surface area contributed by atoms with Gasteiger partial charge in [-0.05, 0) is 60.5 Å². The molecule has 0 fully saturated rings. The number of nitrogens with zero attached hydrogens (tertiary/aromatic N) is 1. The van der Waals surface area contributed by atoms with E-state index in [1.54, 1.807) is 24.3 Å². The number of aromatic nitrogens is 2. The van der Waals surface area contributed by atoms with Crippen molar-refractivity contribution in [1.29, 1.82) is 0 Å². The molecule has 3 aromatic carbocycles. The van der Waals surface area contributed by atoms with Crippen molar-refractivity contribution in [3.05, 3.63) is 122 Å². The molecule has 0 radical (unpaired) electrons. The van der Waals surface area contributed by atoms with Gasteiger partial charge in [-0.3, -0.25) is 19.1 Å². The summed E-state index contributed by atoms with van der Waals surface area (Å²) in [6.45, 7) is 2.58. The standard InChI is InChI=1S/C27H24FN3O6S/c1-2-37-23-7-3-5-19(14-23)13-21-17-31(27(34)30-26(21)33)16-18-9-11-22(12-10-18)29-25(32)20-6-4-8-24(15-20)38(28,35)36/h3-12,14-15,17H,2,13,16H2,1H3,(H,29,32)(H,30,33,34). The number of H-pyrrole nitrogens is 1. The number of aromatic amines is 1. The Labute approximate surface area is 217 Å². The van der Waals surface area contributed by atoms with Crippen molar-refractivity contribution in [3.8, 4) is 5.75 Å². The van der Waals surface area contributed by atoms with E-state index in [2.05, 4.69) is 10.3 Å². The Balaban J connectivity index is 1.47.